The highest BCUT2D eigenvalue weighted by Gasteiger charge is 2.64. The SMILES string of the molecule is CC(C)OC(=O)[C@H]1ON2O[C@H](O[C@@H]3CCCC3(c3ccccc3)c3ccccc3)C[C@@H]3OC(=O)[C@H]1[C@@H]32. The summed E-state index contributed by atoms with van der Waals surface area (Å²) in [5, 5.41) is 1.25. The molecule has 0 amide bonds. The summed E-state index contributed by atoms with van der Waals surface area (Å²) in [7, 11) is 0. The van der Waals surface area contributed by atoms with Crippen LogP contribution in [0.4, 0.5) is 0 Å². The van der Waals surface area contributed by atoms with E-state index in [1.54, 1.807) is 13.8 Å². The van der Waals surface area contributed by atoms with Gasteiger partial charge in [0.2, 0.25) is 0 Å². The Kier molecular flexibility index (Phi) is 6.08. The summed E-state index contributed by atoms with van der Waals surface area (Å²) in [6.45, 7) is 3.51. The summed E-state index contributed by atoms with van der Waals surface area (Å²) in [6, 6.07) is 20.4. The summed E-state index contributed by atoms with van der Waals surface area (Å²) >= 11 is 0. The Bertz CT molecular complexity index is 1070. The molecule has 6 rings (SSSR count). The van der Waals surface area contributed by atoms with Gasteiger partial charge in [0.15, 0.2) is 12.4 Å². The van der Waals surface area contributed by atoms with E-state index in [-0.39, 0.29) is 17.6 Å². The summed E-state index contributed by atoms with van der Waals surface area (Å²) in [4.78, 5) is 37.2. The van der Waals surface area contributed by atoms with Crippen LogP contribution in [0.1, 0.15) is 50.7 Å². The molecule has 8 heteroatoms. The molecule has 0 spiro atoms. The first kappa shape index (κ1) is 23.6. The van der Waals surface area contributed by atoms with Gasteiger partial charge in [0.1, 0.15) is 18.1 Å². The van der Waals surface area contributed by atoms with Gasteiger partial charge in [-0.3, -0.25) is 9.63 Å². The average Bonchev–Trinajstić information content (AvgIpc) is 3.56. The molecule has 1 saturated carbocycles. The standard InChI is InChI=1S/C28H31NO7/c1-17(2)32-27(31)25-23-24-20(33-26(23)30)16-22(35-29(24)36-25)34-21-14-9-15-28(21,18-10-5-3-6-11-18)19-12-7-4-8-13-19/h3-8,10-13,17,20-25H,9,14-16H2,1-2H3/t20-,21+,22-,23-,24+,25-/m0/s1. The van der Waals surface area contributed by atoms with Gasteiger partial charge in [-0.05, 0) is 44.2 Å². The van der Waals surface area contributed by atoms with Crippen molar-refractivity contribution in [3.63, 3.8) is 0 Å². The fourth-order valence-corrected chi connectivity index (χ4v) is 6.33. The highest BCUT2D eigenvalue weighted by atomic mass is 17.0. The highest BCUT2D eigenvalue weighted by Crippen LogP contribution is 2.50. The molecule has 6 atom stereocenters. The highest BCUT2D eigenvalue weighted by molar-refractivity contribution is 5.86. The summed E-state index contributed by atoms with van der Waals surface area (Å²) in [6.07, 6.45) is 0.455. The maximum absolute atomic E-state index is 12.7. The predicted molar refractivity (Wildman–Crippen MR) is 127 cm³/mol. The molecule has 2 aromatic carbocycles. The van der Waals surface area contributed by atoms with Crippen LogP contribution in [0.15, 0.2) is 60.7 Å². The molecule has 0 bridgehead atoms. The van der Waals surface area contributed by atoms with Crippen LogP contribution in [-0.2, 0) is 38.9 Å². The lowest BCUT2D eigenvalue weighted by atomic mass is 9.71. The average molecular weight is 494 g/mol. The molecule has 4 fully saturated rings. The number of benzene rings is 2. The van der Waals surface area contributed by atoms with Crippen molar-refractivity contribution in [1.29, 1.82) is 0 Å². The van der Waals surface area contributed by atoms with Crippen LogP contribution in [-0.4, -0.2) is 53.9 Å². The number of rotatable bonds is 6. The van der Waals surface area contributed by atoms with Gasteiger partial charge in [-0.15, -0.1) is 0 Å². The quantitative estimate of drug-likeness (QED) is 0.564. The van der Waals surface area contributed by atoms with Crippen molar-refractivity contribution in [2.45, 2.75) is 81.7 Å². The first-order valence-corrected chi connectivity index (χ1v) is 12.8. The number of hydrogen-bond donors (Lipinski definition) is 0. The second-order valence-electron chi connectivity index (χ2n) is 10.3. The number of carbonyl (C=O) groups is 2. The Morgan fingerprint density at radius 1 is 1.03 bits per heavy atom. The number of carbonyl (C=O) groups excluding carboxylic acids is 2. The Labute approximate surface area is 210 Å². The van der Waals surface area contributed by atoms with Crippen molar-refractivity contribution in [1.82, 2.24) is 5.23 Å². The van der Waals surface area contributed by atoms with Crippen LogP contribution < -0.4 is 0 Å². The van der Waals surface area contributed by atoms with Crippen molar-refractivity contribution >= 4 is 11.9 Å². The fraction of sp³-hybridized carbons (Fsp3) is 0.500. The maximum Gasteiger partial charge on any atom is 0.338 e. The monoisotopic (exact) mass is 493 g/mol. The normalized spacial score (nSPS) is 32.9. The van der Waals surface area contributed by atoms with Crippen molar-refractivity contribution in [3.05, 3.63) is 71.8 Å². The van der Waals surface area contributed by atoms with Crippen LogP contribution >= 0.6 is 0 Å². The van der Waals surface area contributed by atoms with Crippen molar-refractivity contribution in [2.24, 2.45) is 5.92 Å². The molecule has 2 aromatic rings. The fourth-order valence-electron chi connectivity index (χ4n) is 6.33. The minimum Gasteiger partial charge on any atom is -0.461 e. The van der Waals surface area contributed by atoms with E-state index < -0.39 is 42.4 Å². The minimum absolute atomic E-state index is 0.152. The van der Waals surface area contributed by atoms with E-state index >= 15 is 0 Å². The van der Waals surface area contributed by atoms with Gasteiger partial charge in [0.25, 0.3) is 0 Å². The van der Waals surface area contributed by atoms with Crippen molar-refractivity contribution in [2.75, 3.05) is 0 Å². The van der Waals surface area contributed by atoms with E-state index in [0.29, 0.717) is 6.42 Å². The van der Waals surface area contributed by atoms with Gasteiger partial charge in [-0.2, -0.15) is 0 Å². The predicted octanol–water partition coefficient (Wildman–Crippen LogP) is 3.68. The summed E-state index contributed by atoms with van der Waals surface area (Å²) in [5.74, 6) is -1.83. The molecular weight excluding hydrogens is 462 g/mol. The second-order valence-corrected chi connectivity index (χ2v) is 10.3. The van der Waals surface area contributed by atoms with Crippen molar-refractivity contribution in [3.8, 4) is 0 Å². The zero-order chi connectivity index (χ0) is 24.9. The van der Waals surface area contributed by atoms with Gasteiger partial charge in [-0.1, -0.05) is 65.9 Å². The molecule has 0 aromatic heterocycles. The molecule has 4 aliphatic rings. The first-order chi connectivity index (χ1) is 17.5. The van der Waals surface area contributed by atoms with Crippen LogP contribution in [0.5, 0.6) is 0 Å². The molecular formula is C28H31NO7. The van der Waals surface area contributed by atoms with Crippen LogP contribution in [0.25, 0.3) is 0 Å². The lowest BCUT2D eigenvalue weighted by Crippen LogP contribution is -2.50. The van der Waals surface area contributed by atoms with E-state index in [9.17, 15) is 9.59 Å². The molecule has 8 nitrogen and oxygen atoms in total. The third kappa shape index (κ3) is 3.84. The molecule has 0 radical (unpaired) electrons. The molecule has 3 heterocycles. The largest absolute Gasteiger partial charge is 0.461 e. The number of hydrogen-bond acceptors (Lipinski definition) is 8. The van der Waals surface area contributed by atoms with E-state index in [1.165, 1.54) is 16.4 Å². The summed E-state index contributed by atoms with van der Waals surface area (Å²) in [5.41, 5.74) is 2.08. The number of nitrogens with zero attached hydrogens (tertiary/aromatic N) is 1. The zero-order valence-electron chi connectivity index (χ0n) is 20.4. The molecule has 1 aliphatic carbocycles. The van der Waals surface area contributed by atoms with E-state index in [0.717, 1.165) is 19.3 Å². The Morgan fingerprint density at radius 2 is 1.69 bits per heavy atom. The Balaban J connectivity index is 1.26. The Morgan fingerprint density at radius 3 is 2.33 bits per heavy atom. The van der Waals surface area contributed by atoms with Gasteiger partial charge in [-0.25, -0.2) is 9.63 Å². The smallest absolute Gasteiger partial charge is 0.338 e. The second kappa shape index (κ2) is 9.27. The topological polar surface area (TPSA) is 83.5 Å². The van der Waals surface area contributed by atoms with Crippen LogP contribution in [0.2, 0.25) is 0 Å². The third-order valence-corrected chi connectivity index (χ3v) is 7.79. The molecule has 3 aliphatic heterocycles. The Hall–Kier alpha value is -2.78. The van der Waals surface area contributed by atoms with Crippen LogP contribution in [0.3, 0.4) is 0 Å². The number of esters is 2. The number of hydroxylamine groups is 2. The van der Waals surface area contributed by atoms with Gasteiger partial charge >= 0.3 is 11.9 Å². The van der Waals surface area contributed by atoms with Gasteiger partial charge in [0, 0.05) is 11.8 Å². The minimum atomic E-state index is -1.09. The van der Waals surface area contributed by atoms with Crippen LogP contribution in [0, 0.1) is 5.92 Å². The van der Waals surface area contributed by atoms with E-state index in [1.807, 2.05) is 12.1 Å². The van der Waals surface area contributed by atoms with Gasteiger partial charge < -0.3 is 14.2 Å². The molecule has 3 saturated heterocycles. The molecule has 190 valence electrons. The molecule has 0 unspecified atom stereocenters. The third-order valence-electron chi connectivity index (χ3n) is 7.79. The summed E-state index contributed by atoms with van der Waals surface area (Å²) < 4.78 is 17.7. The first-order valence-electron chi connectivity index (χ1n) is 12.8. The lowest BCUT2D eigenvalue weighted by molar-refractivity contribution is -0.446. The number of ether oxygens (including phenoxy) is 3. The van der Waals surface area contributed by atoms with Gasteiger partial charge in [0.05, 0.1) is 12.2 Å². The zero-order valence-corrected chi connectivity index (χ0v) is 20.4. The lowest BCUT2D eigenvalue weighted by Gasteiger charge is -2.41. The van der Waals surface area contributed by atoms with E-state index in [2.05, 4.69) is 48.5 Å². The van der Waals surface area contributed by atoms with E-state index in [4.69, 9.17) is 23.9 Å². The molecule has 0 N–H and O–H groups in total. The maximum atomic E-state index is 12.7. The molecule has 36 heavy (non-hydrogen) atoms. The van der Waals surface area contributed by atoms with Crippen molar-refractivity contribution < 1.29 is 33.5 Å².